The molecule has 7 atom stereocenters. The van der Waals surface area contributed by atoms with Gasteiger partial charge in [0.2, 0.25) is 29.5 Å². The summed E-state index contributed by atoms with van der Waals surface area (Å²) in [5.74, 6) is -8.75. The average Bonchev–Trinajstić information content (AvgIpc) is 3.71. The molecule has 0 bridgehead atoms. The maximum absolute atomic E-state index is 14.7. The van der Waals surface area contributed by atoms with Crippen molar-refractivity contribution < 1.29 is 58.1 Å². The smallest absolute Gasteiger partial charge is 0.354 e. The summed E-state index contributed by atoms with van der Waals surface area (Å²) in [5.41, 5.74) is 6.97. The predicted molar refractivity (Wildman–Crippen MR) is 240 cm³/mol. The molecular weight excluding hydrogens is 859 g/mol. The van der Waals surface area contributed by atoms with E-state index in [9.17, 15) is 53.4 Å². The lowest BCUT2D eigenvalue weighted by Gasteiger charge is -2.33. The van der Waals surface area contributed by atoms with Gasteiger partial charge in [0.1, 0.15) is 30.2 Å². The number of aliphatic carboxylic acids is 2. The van der Waals surface area contributed by atoms with Crippen LogP contribution in [0.1, 0.15) is 85.6 Å². The van der Waals surface area contributed by atoms with Crippen molar-refractivity contribution in [1.82, 2.24) is 42.0 Å². The number of likely N-dealkylation sites (tertiary alicyclic amines) is 1. The molecule has 0 unspecified atom stereocenters. The van der Waals surface area contributed by atoms with Crippen molar-refractivity contribution >= 4 is 59.1 Å². The first kappa shape index (κ1) is 53.6. The van der Waals surface area contributed by atoms with Crippen LogP contribution < -0.4 is 37.1 Å². The molecule has 0 aromatic heterocycles. The number of amides is 8. The highest BCUT2D eigenvalue weighted by Crippen LogP contribution is 2.25. The number of carbonyl (C=O) groups is 9. The Kier molecular flexibility index (Phi) is 21.3. The van der Waals surface area contributed by atoms with Crippen molar-refractivity contribution in [2.24, 2.45) is 11.8 Å². The van der Waals surface area contributed by atoms with Crippen LogP contribution in [0.2, 0.25) is 0 Å². The first-order valence-electron chi connectivity index (χ1n) is 22.0. The van der Waals surface area contributed by atoms with Gasteiger partial charge in [0.15, 0.2) is 0 Å². The second-order valence-electron chi connectivity index (χ2n) is 16.5. The lowest BCUT2D eigenvalue weighted by Crippen LogP contribution is -2.62. The second-order valence-corrected chi connectivity index (χ2v) is 16.5. The highest BCUT2D eigenvalue weighted by Gasteiger charge is 2.45. The molecule has 3 rings (SSSR count). The van der Waals surface area contributed by atoms with Gasteiger partial charge in [-0.3, -0.25) is 48.8 Å². The summed E-state index contributed by atoms with van der Waals surface area (Å²) in [7, 11) is 1.65. The molecule has 1 saturated heterocycles. The first-order chi connectivity index (χ1) is 31.2. The molecule has 8 amide bonds. The summed E-state index contributed by atoms with van der Waals surface area (Å²) in [6.07, 6.45) is -1.65. The van der Waals surface area contributed by atoms with Crippen LogP contribution in [0.4, 0.5) is 10.5 Å². The molecule has 0 spiro atoms. The SMILES string of the molecule is CCCN(NC(=O)[C@@H]1C[C@@H](OCc2ccccc2)CN1C(=O)[C@@H](NC(=O)[C@@H](NC(=O)[C@@H](CCC(=O)O)NC(=O)[C@H](CC(=O)O)NC(C)=O)[C@@H](C)CC)C(C)C)C(=O)NN(C)c1ccccc1. The Bertz CT molecular complexity index is 1970. The minimum atomic E-state index is -1.60. The summed E-state index contributed by atoms with van der Waals surface area (Å²) in [5, 5.41) is 31.2. The Hall–Kier alpha value is -6.77. The molecule has 21 heteroatoms. The van der Waals surface area contributed by atoms with Crippen molar-refractivity contribution in [2.75, 3.05) is 25.1 Å². The molecule has 21 nitrogen and oxygen atoms in total. The van der Waals surface area contributed by atoms with Crippen LogP contribution >= 0.6 is 0 Å². The summed E-state index contributed by atoms with van der Waals surface area (Å²) in [4.78, 5) is 120. The molecular formula is C45H65N9O12. The number of hydrogen-bond donors (Lipinski definition) is 8. The number of hydrazine groups is 2. The van der Waals surface area contributed by atoms with E-state index in [2.05, 4.69) is 32.1 Å². The number of carboxylic acid groups (broad SMARTS) is 2. The molecule has 2 aromatic carbocycles. The van der Waals surface area contributed by atoms with Crippen LogP contribution in [0.15, 0.2) is 60.7 Å². The normalized spacial score (nSPS) is 16.6. The monoisotopic (exact) mass is 923 g/mol. The number of hydrogen-bond acceptors (Lipinski definition) is 11. The quantitative estimate of drug-likeness (QED) is 0.0697. The van der Waals surface area contributed by atoms with E-state index in [1.165, 1.54) is 9.91 Å². The predicted octanol–water partition coefficient (Wildman–Crippen LogP) is 1.68. The Morgan fingerprint density at radius 3 is 1.94 bits per heavy atom. The van der Waals surface area contributed by atoms with Gasteiger partial charge in [-0.05, 0) is 42.4 Å². The van der Waals surface area contributed by atoms with Crippen molar-refractivity contribution in [1.29, 1.82) is 0 Å². The summed E-state index contributed by atoms with van der Waals surface area (Å²) in [6, 6.07) is 10.8. The fourth-order valence-corrected chi connectivity index (χ4v) is 7.09. The van der Waals surface area contributed by atoms with Crippen LogP contribution in [-0.4, -0.2) is 130 Å². The van der Waals surface area contributed by atoms with E-state index >= 15 is 0 Å². The van der Waals surface area contributed by atoms with Gasteiger partial charge >= 0.3 is 18.0 Å². The zero-order valence-corrected chi connectivity index (χ0v) is 38.6. The number of para-hydroxylation sites is 1. The fourth-order valence-electron chi connectivity index (χ4n) is 7.09. The zero-order valence-electron chi connectivity index (χ0n) is 38.6. The zero-order chi connectivity index (χ0) is 49.1. The van der Waals surface area contributed by atoms with E-state index in [0.29, 0.717) is 18.5 Å². The lowest BCUT2D eigenvalue weighted by molar-refractivity contribution is -0.144. The Morgan fingerprint density at radius 1 is 0.773 bits per heavy atom. The number of ether oxygens (including phenoxy) is 1. The van der Waals surface area contributed by atoms with Crippen molar-refractivity contribution in [3.63, 3.8) is 0 Å². The Labute approximate surface area is 384 Å². The Balaban J connectivity index is 1.90. The third-order valence-electron chi connectivity index (χ3n) is 10.9. The maximum atomic E-state index is 14.7. The van der Waals surface area contributed by atoms with Gasteiger partial charge < -0.3 is 41.1 Å². The largest absolute Gasteiger partial charge is 0.481 e. The van der Waals surface area contributed by atoms with Gasteiger partial charge in [-0.2, -0.15) is 0 Å². The molecule has 0 aliphatic carbocycles. The third kappa shape index (κ3) is 16.7. The summed E-state index contributed by atoms with van der Waals surface area (Å²) in [6.45, 7) is 9.93. The number of benzene rings is 2. The van der Waals surface area contributed by atoms with Crippen molar-refractivity contribution in [2.45, 2.75) is 123 Å². The van der Waals surface area contributed by atoms with Crippen molar-refractivity contribution in [3.8, 4) is 0 Å². The molecule has 2 aromatic rings. The number of urea groups is 1. The molecule has 1 heterocycles. The van der Waals surface area contributed by atoms with Crippen LogP contribution in [0, 0.1) is 11.8 Å². The minimum absolute atomic E-state index is 0.0442. The van der Waals surface area contributed by atoms with Gasteiger partial charge in [0.05, 0.1) is 24.8 Å². The summed E-state index contributed by atoms with van der Waals surface area (Å²) < 4.78 is 6.21. The second kappa shape index (κ2) is 26.3. The van der Waals surface area contributed by atoms with E-state index in [1.807, 2.05) is 55.5 Å². The average molecular weight is 924 g/mol. The molecule has 1 aliphatic heterocycles. The molecule has 66 heavy (non-hydrogen) atoms. The van der Waals surface area contributed by atoms with E-state index < -0.39 is 121 Å². The summed E-state index contributed by atoms with van der Waals surface area (Å²) >= 11 is 0. The van der Waals surface area contributed by atoms with E-state index in [-0.39, 0.29) is 26.1 Å². The molecule has 0 saturated carbocycles. The number of nitrogens with one attached hydrogen (secondary N) is 6. The number of nitrogens with zero attached hydrogens (tertiary/aromatic N) is 3. The highest BCUT2D eigenvalue weighted by atomic mass is 16.5. The van der Waals surface area contributed by atoms with Crippen LogP contribution in [0.5, 0.6) is 0 Å². The standard InChI is InChI=1S/C45H65N9O12/c1-8-22-54(45(65)51-52(7)31-18-14-11-15-19-31)50-42(62)35-23-32(66-26-30-16-12-10-13-17-30)25-53(35)44(64)38(27(3)4)48-43(63)39(28(5)9-2)49-40(60)33(20-21-36(56)57)47-41(61)34(24-37(58)59)46-29(6)55/h10-19,27-28,32-35,38-39H,8-9,20-26H2,1-7H3,(H,46,55)(H,47,61)(H,48,63)(H,49,60)(H,50,62)(H,51,65)(H,56,57)(H,58,59)/t28-,32+,33+,34-,35-,38-,39-/m0/s1. The lowest BCUT2D eigenvalue weighted by atomic mass is 9.95. The molecule has 0 radical (unpaired) electrons. The topological polar surface area (TPSA) is 285 Å². The van der Waals surface area contributed by atoms with Gasteiger partial charge in [-0.15, -0.1) is 0 Å². The highest BCUT2D eigenvalue weighted by molar-refractivity contribution is 5.97. The van der Waals surface area contributed by atoms with Gasteiger partial charge in [-0.25, -0.2) is 15.2 Å². The molecule has 1 aliphatic rings. The minimum Gasteiger partial charge on any atom is -0.481 e. The third-order valence-corrected chi connectivity index (χ3v) is 10.9. The molecule has 362 valence electrons. The first-order valence-corrected chi connectivity index (χ1v) is 22.0. The molecule has 1 fully saturated rings. The van der Waals surface area contributed by atoms with E-state index in [1.54, 1.807) is 46.9 Å². The number of carboxylic acids is 2. The fraction of sp³-hybridized carbons (Fsp3) is 0.533. The van der Waals surface area contributed by atoms with E-state index in [4.69, 9.17) is 4.74 Å². The number of carbonyl (C=O) groups excluding carboxylic acids is 7. The molecule has 8 N–H and O–H groups in total. The van der Waals surface area contributed by atoms with Crippen LogP contribution in [0.3, 0.4) is 0 Å². The van der Waals surface area contributed by atoms with Gasteiger partial charge in [-0.1, -0.05) is 89.6 Å². The maximum Gasteiger partial charge on any atom is 0.354 e. The number of rotatable bonds is 24. The van der Waals surface area contributed by atoms with Crippen LogP contribution in [0.25, 0.3) is 0 Å². The van der Waals surface area contributed by atoms with Gasteiger partial charge in [0, 0.05) is 39.9 Å². The van der Waals surface area contributed by atoms with Crippen molar-refractivity contribution in [3.05, 3.63) is 66.2 Å². The van der Waals surface area contributed by atoms with Gasteiger partial charge in [0.25, 0.3) is 5.91 Å². The van der Waals surface area contributed by atoms with Crippen LogP contribution in [-0.2, 0) is 49.7 Å². The Morgan fingerprint density at radius 2 is 1.38 bits per heavy atom. The number of anilines is 1. The van der Waals surface area contributed by atoms with E-state index in [0.717, 1.165) is 17.5 Å².